The van der Waals surface area contributed by atoms with Crippen molar-refractivity contribution >= 4 is 11.8 Å². The fourth-order valence-corrected chi connectivity index (χ4v) is 2.39. The average molecular weight is 308 g/mol. The molecule has 0 spiro atoms. The maximum Gasteiger partial charge on any atom is 0.261 e. The van der Waals surface area contributed by atoms with Crippen LogP contribution in [0.25, 0.3) is 0 Å². The third-order valence-electron chi connectivity index (χ3n) is 3.39. The van der Waals surface area contributed by atoms with Crippen molar-refractivity contribution in [1.82, 2.24) is 10.2 Å². The second kappa shape index (κ2) is 7.77. The quantitative estimate of drug-likeness (QED) is 0.705. The van der Waals surface area contributed by atoms with Crippen molar-refractivity contribution in [1.29, 1.82) is 0 Å². The molecule has 1 unspecified atom stereocenters. The minimum Gasteiger partial charge on any atom is -0.483 e. The molecule has 7 heteroatoms. The van der Waals surface area contributed by atoms with Crippen LogP contribution in [0.2, 0.25) is 0 Å². The third kappa shape index (κ3) is 3.55. The summed E-state index contributed by atoms with van der Waals surface area (Å²) in [7, 11) is 1.54. The van der Waals surface area contributed by atoms with E-state index in [9.17, 15) is 14.7 Å². The molecule has 2 N–H and O–H groups in total. The molecule has 2 rings (SSSR count). The number of amides is 2. The number of aliphatic hydroxyl groups is 1. The monoisotopic (exact) mass is 308 g/mol. The molecule has 0 saturated carbocycles. The summed E-state index contributed by atoms with van der Waals surface area (Å²) in [5, 5.41) is 11.9. The van der Waals surface area contributed by atoms with Gasteiger partial charge in [0.05, 0.1) is 13.2 Å². The Kier molecular flexibility index (Phi) is 5.74. The Morgan fingerprint density at radius 3 is 3.00 bits per heavy atom. The number of carbonyl (C=O) groups excluding carboxylic acids is 2. The number of para-hydroxylation sites is 1. The molecule has 22 heavy (non-hydrogen) atoms. The highest BCUT2D eigenvalue weighted by Crippen LogP contribution is 2.32. The Morgan fingerprint density at radius 1 is 1.50 bits per heavy atom. The number of methoxy groups -OCH3 is 1. The van der Waals surface area contributed by atoms with Crippen LogP contribution in [0, 0.1) is 0 Å². The van der Waals surface area contributed by atoms with Gasteiger partial charge in [-0.3, -0.25) is 9.59 Å². The van der Waals surface area contributed by atoms with Gasteiger partial charge in [0.1, 0.15) is 11.8 Å². The average Bonchev–Trinajstić information content (AvgIpc) is 2.66. The molecule has 2 amide bonds. The Balaban J connectivity index is 2.32. The van der Waals surface area contributed by atoms with E-state index in [1.807, 2.05) is 0 Å². The van der Waals surface area contributed by atoms with Gasteiger partial charge in [-0.2, -0.15) is 0 Å². The number of carbonyl (C=O) groups is 2. The number of β-amino-alcohol motifs (C(OH)–C–C–N with tert-alkyl or cyclic N) is 1. The molecule has 1 aliphatic rings. The summed E-state index contributed by atoms with van der Waals surface area (Å²) in [6.07, 6.45) is 0. The fourth-order valence-electron chi connectivity index (χ4n) is 2.39. The van der Waals surface area contributed by atoms with E-state index in [0.717, 1.165) is 0 Å². The molecule has 1 atom stereocenters. The zero-order valence-corrected chi connectivity index (χ0v) is 12.4. The number of rotatable bonds is 6. The van der Waals surface area contributed by atoms with Crippen molar-refractivity contribution in [3.05, 3.63) is 29.8 Å². The highest BCUT2D eigenvalue weighted by atomic mass is 16.5. The SMILES string of the molecule is COCCNC(=O)C1c2ccccc2OCC(=O)N1CCO. The van der Waals surface area contributed by atoms with Crippen molar-refractivity contribution in [3.8, 4) is 5.75 Å². The molecule has 0 radical (unpaired) electrons. The second-order valence-corrected chi connectivity index (χ2v) is 4.82. The van der Waals surface area contributed by atoms with E-state index in [2.05, 4.69) is 5.32 Å². The largest absolute Gasteiger partial charge is 0.483 e. The minimum atomic E-state index is -0.824. The molecule has 0 aromatic heterocycles. The van der Waals surface area contributed by atoms with Crippen LogP contribution in [-0.2, 0) is 14.3 Å². The predicted octanol–water partition coefficient (Wildman–Crippen LogP) is -0.296. The van der Waals surface area contributed by atoms with Gasteiger partial charge in [0.25, 0.3) is 5.91 Å². The fraction of sp³-hybridized carbons (Fsp3) is 0.467. The van der Waals surface area contributed by atoms with E-state index < -0.39 is 6.04 Å². The number of benzene rings is 1. The van der Waals surface area contributed by atoms with Gasteiger partial charge in [-0.25, -0.2) is 0 Å². The molecule has 0 fully saturated rings. The Hall–Kier alpha value is -2.12. The van der Waals surface area contributed by atoms with Crippen LogP contribution in [0.1, 0.15) is 11.6 Å². The van der Waals surface area contributed by atoms with Crippen molar-refractivity contribution in [2.75, 3.05) is 40.0 Å². The topological polar surface area (TPSA) is 88.1 Å². The first-order valence-corrected chi connectivity index (χ1v) is 7.07. The zero-order chi connectivity index (χ0) is 15.9. The first-order valence-electron chi connectivity index (χ1n) is 7.07. The number of ether oxygens (including phenoxy) is 2. The first kappa shape index (κ1) is 16.3. The maximum absolute atomic E-state index is 12.5. The van der Waals surface area contributed by atoms with Gasteiger partial charge < -0.3 is 24.8 Å². The van der Waals surface area contributed by atoms with Crippen molar-refractivity contribution < 1.29 is 24.2 Å². The summed E-state index contributed by atoms with van der Waals surface area (Å²) in [6.45, 7) is 0.411. The molecule has 1 heterocycles. The van der Waals surface area contributed by atoms with Gasteiger partial charge in [0.15, 0.2) is 6.61 Å². The highest BCUT2D eigenvalue weighted by Gasteiger charge is 2.35. The maximum atomic E-state index is 12.5. The summed E-state index contributed by atoms with van der Waals surface area (Å²) in [5.41, 5.74) is 0.608. The Labute approximate surface area is 128 Å². The second-order valence-electron chi connectivity index (χ2n) is 4.82. The van der Waals surface area contributed by atoms with E-state index >= 15 is 0 Å². The number of aliphatic hydroxyl groups excluding tert-OH is 1. The zero-order valence-electron chi connectivity index (χ0n) is 12.4. The normalized spacial score (nSPS) is 17.5. The molecular weight excluding hydrogens is 288 g/mol. The summed E-state index contributed by atoms with van der Waals surface area (Å²) in [4.78, 5) is 26.1. The van der Waals surface area contributed by atoms with Crippen LogP contribution < -0.4 is 10.1 Å². The van der Waals surface area contributed by atoms with E-state index in [4.69, 9.17) is 9.47 Å². The summed E-state index contributed by atoms with van der Waals surface area (Å²) in [5.74, 6) is -0.155. The lowest BCUT2D eigenvalue weighted by molar-refractivity contribution is -0.141. The van der Waals surface area contributed by atoms with Gasteiger partial charge in [0, 0.05) is 25.8 Å². The van der Waals surface area contributed by atoms with Gasteiger partial charge in [-0.1, -0.05) is 18.2 Å². The molecular formula is C15H20N2O5. The van der Waals surface area contributed by atoms with Crippen LogP contribution in [0.5, 0.6) is 5.75 Å². The van der Waals surface area contributed by atoms with Crippen molar-refractivity contribution in [3.63, 3.8) is 0 Å². The molecule has 7 nitrogen and oxygen atoms in total. The number of hydrogen-bond acceptors (Lipinski definition) is 5. The molecule has 1 aromatic rings. The molecule has 120 valence electrons. The van der Waals surface area contributed by atoms with Crippen LogP contribution >= 0.6 is 0 Å². The van der Waals surface area contributed by atoms with Gasteiger partial charge in [-0.15, -0.1) is 0 Å². The van der Waals surface area contributed by atoms with Gasteiger partial charge in [0.2, 0.25) is 5.91 Å². The minimum absolute atomic E-state index is 0.0683. The molecule has 0 saturated heterocycles. The third-order valence-corrected chi connectivity index (χ3v) is 3.39. The van der Waals surface area contributed by atoms with Crippen molar-refractivity contribution in [2.45, 2.75) is 6.04 Å². The number of nitrogens with one attached hydrogen (secondary N) is 1. The molecule has 0 bridgehead atoms. The standard InChI is InChI=1S/C15H20N2O5/c1-21-9-6-16-15(20)14-11-4-2-3-5-12(11)22-10-13(19)17(14)7-8-18/h2-5,14,18H,6-10H2,1H3,(H,16,20). The summed E-state index contributed by atoms with van der Waals surface area (Å²) >= 11 is 0. The van der Waals surface area contributed by atoms with E-state index in [-0.39, 0.29) is 31.6 Å². The number of nitrogens with zero attached hydrogens (tertiary/aromatic N) is 1. The van der Waals surface area contributed by atoms with Gasteiger partial charge >= 0.3 is 0 Å². The number of hydrogen-bond donors (Lipinski definition) is 2. The molecule has 1 aromatic carbocycles. The summed E-state index contributed by atoms with van der Waals surface area (Å²) in [6, 6.07) is 6.21. The van der Waals surface area contributed by atoms with Crippen LogP contribution in [0.4, 0.5) is 0 Å². The summed E-state index contributed by atoms with van der Waals surface area (Å²) < 4.78 is 10.4. The highest BCUT2D eigenvalue weighted by molar-refractivity contribution is 5.90. The first-order chi connectivity index (χ1) is 10.7. The van der Waals surface area contributed by atoms with Crippen molar-refractivity contribution in [2.24, 2.45) is 0 Å². The van der Waals surface area contributed by atoms with E-state index in [1.54, 1.807) is 31.4 Å². The lowest BCUT2D eigenvalue weighted by atomic mass is 10.0. The van der Waals surface area contributed by atoms with Gasteiger partial charge in [-0.05, 0) is 6.07 Å². The van der Waals surface area contributed by atoms with Crippen LogP contribution in [-0.4, -0.2) is 61.8 Å². The lowest BCUT2D eigenvalue weighted by Gasteiger charge is -2.28. The smallest absolute Gasteiger partial charge is 0.261 e. The van der Waals surface area contributed by atoms with E-state index in [0.29, 0.717) is 24.5 Å². The Bertz CT molecular complexity index is 534. The predicted molar refractivity (Wildman–Crippen MR) is 78.4 cm³/mol. The number of fused-ring (bicyclic) bond motifs is 1. The Morgan fingerprint density at radius 2 is 2.27 bits per heavy atom. The molecule has 0 aliphatic carbocycles. The van der Waals surface area contributed by atoms with Crippen LogP contribution in [0.3, 0.4) is 0 Å². The molecule has 1 aliphatic heterocycles. The lowest BCUT2D eigenvalue weighted by Crippen LogP contribution is -2.45. The van der Waals surface area contributed by atoms with E-state index in [1.165, 1.54) is 4.90 Å². The van der Waals surface area contributed by atoms with Crippen LogP contribution in [0.15, 0.2) is 24.3 Å².